The molecule has 0 unspecified atom stereocenters. The van der Waals surface area contributed by atoms with Crippen LogP contribution >= 0.6 is 0 Å². The molecule has 7 heteroatoms. The van der Waals surface area contributed by atoms with Gasteiger partial charge in [0, 0.05) is 66.9 Å². The zero-order valence-electron chi connectivity index (χ0n) is 15.6. The normalized spacial score (nSPS) is 15.9. The third kappa shape index (κ3) is 2.67. The lowest BCUT2D eigenvalue weighted by molar-refractivity contribution is -0.136. The number of imide groups is 2. The van der Waals surface area contributed by atoms with E-state index in [0.29, 0.717) is 22.9 Å². The van der Waals surface area contributed by atoms with Crippen LogP contribution in [0.3, 0.4) is 0 Å². The average Bonchev–Trinajstić information content (AvgIpc) is 2.99. The quantitative estimate of drug-likeness (QED) is 0.743. The molecule has 0 spiro atoms. The van der Waals surface area contributed by atoms with Crippen LogP contribution in [-0.2, 0) is 9.59 Å². The van der Waals surface area contributed by atoms with Gasteiger partial charge < -0.3 is 4.90 Å². The van der Waals surface area contributed by atoms with Gasteiger partial charge in [0.05, 0.1) is 0 Å². The zero-order valence-corrected chi connectivity index (χ0v) is 15.6. The maximum absolute atomic E-state index is 13.0. The average molecular weight is 377 g/mol. The van der Waals surface area contributed by atoms with Crippen molar-refractivity contribution in [1.29, 1.82) is 0 Å². The van der Waals surface area contributed by atoms with Crippen molar-refractivity contribution in [3.8, 4) is 0 Å². The number of nitrogens with zero attached hydrogens (tertiary/aromatic N) is 3. The van der Waals surface area contributed by atoms with E-state index < -0.39 is 0 Å². The summed E-state index contributed by atoms with van der Waals surface area (Å²) in [5.41, 5.74) is 1.92. The maximum atomic E-state index is 13.0. The topological polar surface area (TPSA) is 78.0 Å². The number of hydrogen-bond donors (Lipinski definition) is 0. The van der Waals surface area contributed by atoms with Crippen LogP contribution in [0.25, 0.3) is 10.8 Å². The Labute approximate surface area is 161 Å². The van der Waals surface area contributed by atoms with Crippen LogP contribution in [0.15, 0.2) is 42.5 Å². The maximum Gasteiger partial charge on any atom is 0.261 e. The Balaban J connectivity index is 1.61. The molecule has 28 heavy (non-hydrogen) atoms. The zero-order chi connectivity index (χ0) is 20.0. The fraction of sp³-hybridized carbons (Fsp3) is 0.238. The Hall–Kier alpha value is -3.48. The molecule has 0 saturated heterocycles. The first-order chi connectivity index (χ1) is 13.4. The molecule has 2 heterocycles. The standard InChI is InChI=1S/C21H19N3O4/c1-22(2)16-8-7-15-19-13(16)5-3-6-14(19)20(27)24(21(15)28)12-4-11-23-17(25)9-10-18(23)26/h3,5-10H,4,11-12H2,1-2H3. The van der Waals surface area contributed by atoms with Crippen LogP contribution in [-0.4, -0.2) is 60.6 Å². The summed E-state index contributed by atoms with van der Waals surface area (Å²) in [6.07, 6.45) is 2.77. The number of rotatable bonds is 5. The van der Waals surface area contributed by atoms with E-state index in [-0.39, 0.29) is 36.7 Å². The Morgan fingerprint density at radius 2 is 1.39 bits per heavy atom. The van der Waals surface area contributed by atoms with Crippen molar-refractivity contribution in [3.63, 3.8) is 0 Å². The molecular weight excluding hydrogens is 358 g/mol. The van der Waals surface area contributed by atoms with Crippen molar-refractivity contribution in [2.45, 2.75) is 6.42 Å². The molecule has 7 nitrogen and oxygen atoms in total. The van der Waals surface area contributed by atoms with Crippen LogP contribution in [0.1, 0.15) is 27.1 Å². The van der Waals surface area contributed by atoms with Gasteiger partial charge in [-0.15, -0.1) is 0 Å². The highest BCUT2D eigenvalue weighted by atomic mass is 16.2. The molecule has 0 N–H and O–H groups in total. The molecule has 0 atom stereocenters. The molecule has 0 fully saturated rings. The summed E-state index contributed by atoms with van der Waals surface area (Å²) in [5.74, 6) is -1.44. The second kappa shape index (κ2) is 6.60. The van der Waals surface area contributed by atoms with Crippen molar-refractivity contribution >= 4 is 40.1 Å². The number of benzene rings is 2. The van der Waals surface area contributed by atoms with E-state index in [0.717, 1.165) is 16.0 Å². The SMILES string of the molecule is CN(C)c1ccc2c3c(cccc13)C(=O)N(CCCN1C(=O)C=CC1=O)C2=O. The number of carbonyl (C=O) groups excluding carboxylic acids is 4. The number of anilines is 1. The molecule has 2 aliphatic rings. The Kier molecular flexibility index (Phi) is 4.22. The first-order valence-electron chi connectivity index (χ1n) is 9.03. The summed E-state index contributed by atoms with van der Waals surface area (Å²) >= 11 is 0. The minimum atomic E-state index is -0.368. The molecule has 142 valence electrons. The van der Waals surface area contributed by atoms with Crippen molar-refractivity contribution in [3.05, 3.63) is 53.6 Å². The summed E-state index contributed by atoms with van der Waals surface area (Å²) in [6.45, 7) is 0.304. The lowest BCUT2D eigenvalue weighted by Gasteiger charge is -2.29. The largest absolute Gasteiger partial charge is 0.377 e. The predicted octanol–water partition coefficient (Wildman–Crippen LogP) is 1.82. The van der Waals surface area contributed by atoms with E-state index in [1.807, 2.05) is 37.2 Å². The monoisotopic (exact) mass is 377 g/mol. The van der Waals surface area contributed by atoms with E-state index in [9.17, 15) is 19.2 Å². The molecule has 0 aromatic heterocycles. The minimum Gasteiger partial charge on any atom is -0.377 e. The van der Waals surface area contributed by atoms with Gasteiger partial charge in [-0.25, -0.2) is 0 Å². The fourth-order valence-electron chi connectivity index (χ4n) is 3.76. The van der Waals surface area contributed by atoms with Crippen LogP contribution in [0.4, 0.5) is 5.69 Å². The first kappa shape index (κ1) is 17.9. The van der Waals surface area contributed by atoms with Gasteiger partial charge in [-0.1, -0.05) is 12.1 Å². The number of hydrogen-bond acceptors (Lipinski definition) is 5. The Bertz CT molecular complexity index is 1030. The van der Waals surface area contributed by atoms with Crippen molar-refractivity contribution < 1.29 is 19.2 Å². The van der Waals surface area contributed by atoms with Crippen molar-refractivity contribution in [2.75, 3.05) is 32.1 Å². The van der Waals surface area contributed by atoms with Crippen molar-refractivity contribution in [2.24, 2.45) is 0 Å². The molecule has 0 bridgehead atoms. The highest BCUT2D eigenvalue weighted by Gasteiger charge is 2.33. The first-order valence-corrected chi connectivity index (χ1v) is 9.03. The summed E-state index contributed by atoms with van der Waals surface area (Å²) in [7, 11) is 3.83. The molecule has 0 radical (unpaired) electrons. The fourth-order valence-corrected chi connectivity index (χ4v) is 3.76. The smallest absolute Gasteiger partial charge is 0.261 e. The highest BCUT2D eigenvalue weighted by Crippen LogP contribution is 2.35. The van der Waals surface area contributed by atoms with Gasteiger partial charge in [0.15, 0.2) is 0 Å². The van der Waals surface area contributed by atoms with Crippen LogP contribution in [0.5, 0.6) is 0 Å². The summed E-state index contributed by atoms with van der Waals surface area (Å²) in [4.78, 5) is 53.5. The third-order valence-corrected chi connectivity index (χ3v) is 5.11. The van der Waals surface area contributed by atoms with E-state index >= 15 is 0 Å². The van der Waals surface area contributed by atoms with Gasteiger partial charge >= 0.3 is 0 Å². The van der Waals surface area contributed by atoms with E-state index in [2.05, 4.69) is 0 Å². The van der Waals surface area contributed by atoms with E-state index in [1.54, 1.807) is 12.1 Å². The molecule has 4 rings (SSSR count). The van der Waals surface area contributed by atoms with Gasteiger partial charge in [0.25, 0.3) is 23.6 Å². The summed E-state index contributed by atoms with van der Waals surface area (Å²) in [5, 5.41) is 1.54. The molecule has 0 aliphatic carbocycles. The lowest BCUT2D eigenvalue weighted by Crippen LogP contribution is -2.42. The summed E-state index contributed by atoms with van der Waals surface area (Å²) < 4.78 is 0. The second-order valence-electron chi connectivity index (χ2n) is 7.03. The summed E-state index contributed by atoms with van der Waals surface area (Å²) in [6, 6.07) is 9.07. The van der Waals surface area contributed by atoms with Gasteiger partial charge in [-0.05, 0) is 24.6 Å². The molecule has 2 aromatic rings. The Morgan fingerprint density at radius 3 is 2.04 bits per heavy atom. The number of carbonyl (C=O) groups is 4. The van der Waals surface area contributed by atoms with Crippen LogP contribution in [0, 0.1) is 0 Å². The molecular formula is C21H19N3O4. The molecule has 2 aliphatic heterocycles. The highest BCUT2D eigenvalue weighted by molar-refractivity contribution is 6.26. The van der Waals surface area contributed by atoms with Crippen LogP contribution < -0.4 is 4.90 Å². The van der Waals surface area contributed by atoms with Gasteiger partial charge in [-0.3, -0.25) is 29.0 Å². The second-order valence-corrected chi connectivity index (χ2v) is 7.03. The molecule has 2 aromatic carbocycles. The van der Waals surface area contributed by atoms with Crippen LogP contribution in [0.2, 0.25) is 0 Å². The molecule has 4 amide bonds. The van der Waals surface area contributed by atoms with Gasteiger partial charge in [0.1, 0.15) is 0 Å². The van der Waals surface area contributed by atoms with Crippen molar-refractivity contribution in [1.82, 2.24) is 9.80 Å². The van der Waals surface area contributed by atoms with Gasteiger partial charge in [-0.2, -0.15) is 0 Å². The lowest BCUT2D eigenvalue weighted by atomic mass is 9.92. The van der Waals surface area contributed by atoms with E-state index in [4.69, 9.17) is 0 Å². The minimum absolute atomic E-state index is 0.139. The predicted molar refractivity (Wildman–Crippen MR) is 104 cm³/mol. The Morgan fingerprint density at radius 1 is 0.786 bits per heavy atom. The van der Waals surface area contributed by atoms with Gasteiger partial charge in [0.2, 0.25) is 0 Å². The van der Waals surface area contributed by atoms with E-state index in [1.165, 1.54) is 17.1 Å². The number of amides is 4. The third-order valence-electron chi connectivity index (χ3n) is 5.11. The molecule has 0 saturated carbocycles.